The first-order valence-corrected chi connectivity index (χ1v) is 4.79. The summed E-state index contributed by atoms with van der Waals surface area (Å²) >= 11 is 5.87. The molecule has 1 heterocycles. The van der Waals surface area contributed by atoms with Gasteiger partial charge in [-0.05, 0) is 19.4 Å². The molecule has 0 aliphatic heterocycles. The summed E-state index contributed by atoms with van der Waals surface area (Å²) in [6, 6.07) is 3.59. The highest BCUT2D eigenvalue weighted by Crippen LogP contribution is 2.29. The molecule has 0 radical (unpaired) electrons. The standard InChI is InChI=1S/C10H14ClNO/c1-3-6-10(2,13)8-5-4-7-12-9(8)11/h4-5,7,13H,3,6H2,1-2H3. The summed E-state index contributed by atoms with van der Waals surface area (Å²) in [6.45, 7) is 3.79. The van der Waals surface area contributed by atoms with E-state index in [-0.39, 0.29) is 0 Å². The molecule has 0 bridgehead atoms. The fourth-order valence-corrected chi connectivity index (χ4v) is 1.73. The minimum atomic E-state index is -0.861. The molecule has 0 saturated carbocycles. The average molecular weight is 200 g/mol. The zero-order valence-electron chi connectivity index (χ0n) is 7.92. The summed E-state index contributed by atoms with van der Waals surface area (Å²) in [5.41, 5.74) is -0.154. The van der Waals surface area contributed by atoms with Crippen LogP contribution < -0.4 is 0 Å². The summed E-state index contributed by atoms with van der Waals surface area (Å²) in [5, 5.41) is 10.4. The van der Waals surface area contributed by atoms with E-state index in [9.17, 15) is 5.11 Å². The Morgan fingerprint density at radius 1 is 1.62 bits per heavy atom. The largest absolute Gasteiger partial charge is 0.385 e. The number of halogens is 1. The lowest BCUT2D eigenvalue weighted by molar-refractivity contribution is 0.0467. The summed E-state index contributed by atoms with van der Waals surface area (Å²) in [4.78, 5) is 3.93. The van der Waals surface area contributed by atoms with Crippen molar-refractivity contribution in [3.8, 4) is 0 Å². The van der Waals surface area contributed by atoms with Crippen molar-refractivity contribution in [3.63, 3.8) is 0 Å². The lowest BCUT2D eigenvalue weighted by Gasteiger charge is -2.23. The van der Waals surface area contributed by atoms with E-state index in [0.717, 1.165) is 6.42 Å². The Morgan fingerprint density at radius 2 is 2.31 bits per heavy atom. The van der Waals surface area contributed by atoms with Crippen molar-refractivity contribution in [1.29, 1.82) is 0 Å². The molecule has 1 atom stereocenters. The third-order valence-corrected chi connectivity index (χ3v) is 2.38. The third-order valence-electron chi connectivity index (χ3n) is 2.08. The van der Waals surface area contributed by atoms with Gasteiger partial charge in [-0.15, -0.1) is 0 Å². The first-order chi connectivity index (χ1) is 6.08. The van der Waals surface area contributed by atoms with Crippen molar-refractivity contribution < 1.29 is 5.11 Å². The Balaban J connectivity index is 2.99. The van der Waals surface area contributed by atoms with Crippen molar-refractivity contribution >= 4 is 11.6 Å². The second-order valence-corrected chi connectivity index (χ2v) is 3.72. The second kappa shape index (κ2) is 4.07. The fraction of sp³-hybridized carbons (Fsp3) is 0.500. The van der Waals surface area contributed by atoms with E-state index >= 15 is 0 Å². The van der Waals surface area contributed by atoms with Crippen LogP contribution in [0.25, 0.3) is 0 Å². The van der Waals surface area contributed by atoms with Gasteiger partial charge in [0.2, 0.25) is 0 Å². The van der Waals surface area contributed by atoms with Crippen molar-refractivity contribution in [1.82, 2.24) is 4.98 Å². The lowest BCUT2D eigenvalue weighted by atomic mass is 9.93. The van der Waals surface area contributed by atoms with E-state index in [1.807, 2.05) is 13.0 Å². The Kier molecular flexibility index (Phi) is 3.28. The van der Waals surface area contributed by atoms with Gasteiger partial charge in [0.15, 0.2) is 0 Å². The second-order valence-electron chi connectivity index (χ2n) is 3.37. The summed E-state index contributed by atoms with van der Waals surface area (Å²) in [5.74, 6) is 0. The van der Waals surface area contributed by atoms with Crippen LogP contribution in [0.1, 0.15) is 32.3 Å². The van der Waals surface area contributed by atoms with Gasteiger partial charge in [0, 0.05) is 11.8 Å². The van der Waals surface area contributed by atoms with Crippen molar-refractivity contribution in [2.75, 3.05) is 0 Å². The van der Waals surface area contributed by atoms with E-state index in [4.69, 9.17) is 11.6 Å². The molecular weight excluding hydrogens is 186 g/mol. The van der Waals surface area contributed by atoms with Crippen LogP contribution in [-0.4, -0.2) is 10.1 Å². The number of nitrogens with zero attached hydrogens (tertiary/aromatic N) is 1. The summed E-state index contributed by atoms with van der Waals surface area (Å²) < 4.78 is 0. The Labute approximate surface area is 83.6 Å². The minimum Gasteiger partial charge on any atom is -0.385 e. The van der Waals surface area contributed by atoms with Gasteiger partial charge in [-0.25, -0.2) is 4.98 Å². The van der Waals surface area contributed by atoms with Crippen molar-refractivity contribution in [2.24, 2.45) is 0 Å². The van der Waals surface area contributed by atoms with E-state index in [0.29, 0.717) is 17.1 Å². The molecule has 2 nitrogen and oxygen atoms in total. The maximum absolute atomic E-state index is 10.0. The maximum atomic E-state index is 10.0. The number of hydrogen-bond acceptors (Lipinski definition) is 2. The van der Waals surface area contributed by atoms with Crippen LogP contribution >= 0.6 is 11.6 Å². The SMILES string of the molecule is CCCC(C)(O)c1cccnc1Cl. The first kappa shape index (κ1) is 10.5. The third kappa shape index (κ3) is 2.42. The normalized spacial score (nSPS) is 15.4. The molecule has 0 aliphatic rings. The lowest BCUT2D eigenvalue weighted by Crippen LogP contribution is -2.21. The van der Waals surface area contributed by atoms with Crippen LogP contribution in [0.15, 0.2) is 18.3 Å². The van der Waals surface area contributed by atoms with E-state index in [2.05, 4.69) is 4.98 Å². The van der Waals surface area contributed by atoms with Crippen molar-refractivity contribution in [3.05, 3.63) is 29.0 Å². The molecule has 3 heteroatoms. The molecule has 0 saturated heterocycles. The minimum absolute atomic E-state index is 0.390. The summed E-state index contributed by atoms with van der Waals surface area (Å²) in [7, 11) is 0. The highest BCUT2D eigenvalue weighted by atomic mass is 35.5. The molecule has 0 aromatic carbocycles. The highest BCUT2D eigenvalue weighted by Gasteiger charge is 2.24. The topological polar surface area (TPSA) is 33.1 Å². The van der Waals surface area contributed by atoms with Gasteiger partial charge >= 0.3 is 0 Å². The number of aromatic nitrogens is 1. The monoisotopic (exact) mass is 199 g/mol. The van der Waals surface area contributed by atoms with Crippen LogP contribution in [0.2, 0.25) is 5.15 Å². The van der Waals surface area contributed by atoms with Gasteiger partial charge in [0.25, 0.3) is 0 Å². The molecule has 0 spiro atoms. The van der Waals surface area contributed by atoms with Crippen LogP contribution in [0.3, 0.4) is 0 Å². The number of rotatable bonds is 3. The maximum Gasteiger partial charge on any atom is 0.135 e. The number of pyridine rings is 1. The Bertz CT molecular complexity index is 286. The molecule has 1 aromatic rings. The molecule has 0 aliphatic carbocycles. The van der Waals surface area contributed by atoms with Gasteiger partial charge in [0.1, 0.15) is 5.15 Å². The smallest absolute Gasteiger partial charge is 0.135 e. The van der Waals surface area contributed by atoms with Gasteiger partial charge in [-0.1, -0.05) is 31.0 Å². The van der Waals surface area contributed by atoms with Crippen LogP contribution in [-0.2, 0) is 5.60 Å². The zero-order valence-corrected chi connectivity index (χ0v) is 8.67. The Hall–Kier alpha value is -0.600. The average Bonchev–Trinajstić information content (AvgIpc) is 2.04. The van der Waals surface area contributed by atoms with E-state index in [1.165, 1.54) is 0 Å². The number of hydrogen-bond donors (Lipinski definition) is 1. The predicted molar refractivity (Wildman–Crippen MR) is 53.7 cm³/mol. The molecule has 72 valence electrons. The predicted octanol–water partition coefficient (Wildman–Crippen LogP) is 2.74. The van der Waals surface area contributed by atoms with Crippen molar-refractivity contribution in [2.45, 2.75) is 32.3 Å². The molecular formula is C10H14ClNO. The molecule has 1 aromatic heterocycles. The quantitative estimate of drug-likeness (QED) is 0.760. The van der Waals surface area contributed by atoms with E-state index < -0.39 is 5.60 Å². The molecule has 0 fully saturated rings. The van der Waals surface area contributed by atoms with Gasteiger partial charge < -0.3 is 5.11 Å². The van der Waals surface area contributed by atoms with Gasteiger partial charge in [0.05, 0.1) is 5.60 Å². The molecule has 1 rings (SSSR count). The zero-order chi connectivity index (χ0) is 9.90. The molecule has 13 heavy (non-hydrogen) atoms. The van der Waals surface area contributed by atoms with Crippen LogP contribution in [0.5, 0.6) is 0 Å². The fourth-order valence-electron chi connectivity index (χ4n) is 1.41. The molecule has 1 unspecified atom stereocenters. The Morgan fingerprint density at radius 3 is 2.85 bits per heavy atom. The van der Waals surface area contributed by atoms with Crippen LogP contribution in [0.4, 0.5) is 0 Å². The van der Waals surface area contributed by atoms with Gasteiger partial charge in [-0.2, -0.15) is 0 Å². The highest BCUT2D eigenvalue weighted by molar-refractivity contribution is 6.30. The van der Waals surface area contributed by atoms with E-state index in [1.54, 1.807) is 19.2 Å². The molecule has 0 amide bonds. The van der Waals surface area contributed by atoms with Crippen LogP contribution in [0, 0.1) is 0 Å². The summed E-state index contributed by atoms with van der Waals surface area (Å²) in [6.07, 6.45) is 3.23. The first-order valence-electron chi connectivity index (χ1n) is 4.41. The van der Waals surface area contributed by atoms with Gasteiger partial charge in [-0.3, -0.25) is 0 Å². The number of aliphatic hydroxyl groups is 1. The molecule has 1 N–H and O–H groups in total.